The van der Waals surface area contributed by atoms with Crippen LogP contribution in [-0.2, 0) is 21.3 Å². The molecule has 1 amide bonds. The number of nitrogens with one attached hydrogen (secondary N) is 1. The van der Waals surface area contributed by atoms with Crippen molar-refractivity contribution in [1.29, 1.82) is 0 Å². The molecule has 2 atom stereocenters. The molecular formula is C17H22N2O2S2. The molecule has 1 N–H and O–H groups in total. The molecule has 0 radical (unpaired) electrons. The summed E-state index contributed by atoms with van der Waals surface area (Å²) in [5.74, 6) is 0.108. The Morgan fingerprint density at radius 3 is 2.57 bits per heavy atom. The summed E-state index contributed by atoms with van der Waals surface area (Å²) < 4.78 is 12.4. The summed E-state index contributed by atoms with van der Waals surface area (Å²) in [6.07, 6.45) is 0. The largest absolute Gasteiger partial charge is 0.350 e. The van der Waals surface area contributed by atoms with Gasteiger partial charge < -0.3 is 5.32 Å². The first-order valence-corrected chi connectivity index (χ1v) is 9.71. The Morgan fingerprint density at radius 1 is 1.30 bits per heavy atom. The van der Waals surface area contributed by atoms with Gasteiger partial charge in [-0.15, -0.1) is 11.3 Å². The maximum absolute atomic E-state index is 12.4. The van der Waals surface area contributed by atoms with Gasteiger partial charge in [-0.05, 0) is 27.7 Å². The maximum atomic E-state index is 12.4. The summed E-state index contributed by atoms with van der Waals surface area (Å²) in [7, 11) is -1.29. The molecular weight excluding hydrogens is 328 g/mol. The van der Waals surface area contributed by atoms with Gasteiger partial charge in [-0.1, -0.05) is 30.3 Å². The molecule has 0 saturated carbocycles. The Balaban J connectivity index is 2.01. The van der Waals surface area contributed by atoms with E-state index in [2.05, 4.69) is 10.3 Å². The van der Waals surface area contributed by atoms with Crippen molar-refractivity contribution in [2.24, 2.45) is 0 Å². The second-order valence-corrected chi connectivity index (χ2v) is 9.03. The van der Waals surface area contributed by atoms with Crippen molar-refractivity contribution < 1.29 is 9.00 Å². The lowest BCUT2D eigenvalue weighted by Crippen LogP contribution is -2.46. The Labute approximate surface area is 143 Å². The van der Waals surface area contributed by atoms with E-state index in [1.54, 1.807) is 6.92 Å². The van der Waals surface area contributed by atoms with Gasteiger partial charge in [-0.2, -0.15) is 0 Å². The first-order chi connectivity index (χ1) is 10.8. The van der Waals surface area contributed by atoms with Crippen LogP contribution in [0.2, 0.25) is 0 Å². The number of nitrogens with zero attached hydrogens (tertiary/aromatic N) is 1. The van der Waals surface area contributed by atoms with Gasteiger partial charge in [0, 0.05) is 27.3 Å². The van der Waals surface area contributed by atoms with E-state index in [1.165, 1.54) is 11.3 Å². The monoisotopic (exact) mass is 350 g/mol. The molecule has 2 unspecified atom stereocenters. The SMILES string of the molecule is CC(C(=O)NC(C)(C)C)S(=O)Cc1csc(-c2ccccc2)n1. The van der Waals surface area contributed by atoms with Gasteiger partial charge in [0.05, 0.1) is 11.4 Å². The number of benzene rings is 1. The van der Waals surface area contributed by atoms with Gasteiger partial charge in [0.2, 0.25) is 5.91 Å². The van der Waals surface area contributed by atoms with Crippen LogP contribution in [0.15, 0.2) is 35.7 Å². The minimum absolute atomic E-state index is 0.186. The van der Waals surface area contributed by atoms with Crippen LogP contribution >= 0.6 is 11.3 Å². The molecule has 0 aliphatic carbocycles. The van der Waals surface area contributed by atoms with E-state index in [0.717, 1.165) is 16.3 Å². The topological polar surface area (TPSA) is 59.1 Å². The van der Waals surface area contributed by atoms with Crippen molar-refractivity contribution in [3.8, 4) is 10.6 Å². The molecule has 0 fully saturated rings. The van der Waals surface area contributed by atoms with Crippen LogP contribution in [0.5, 0.6) is 0 Å². The average molecular weight is 351 g/mol. The summed E-state index contributed by atoms with van der Waals surface area (Å²) in [4.78, 5) is 16.6. The number of rotatable bonds is 5. The van der Waals surface area contributed by atoms with E-state index in [0.29, 0.717) is 5.75 Å². The highest BCUT2D eigenvalue weighted by Gasteiger charge is 2.24. The molecule has 0 bridgehead atoms. The first-order valence-electron chi connectivity index (χ1n) is 7.45. The van der Waals surface area contributed by atoms with E-state index in [-0.39, 0.29) is 11.4 Å². The lowest BCUT2D eigenvalue weighted by molar-refractivity contribution is -0.121. The van der Waals surface area contributed by atoms with Crippen LogP contribution in [0, 0.1) is 0 Å². The minimum atomic E-state index is -1.29. The standard InChI is InChI=1S/C17H22N2O2S2/c1-12(15(20)19-17(2,3)4)23(21)11-14-10-22-16(18-14)13-8-6-5-7-9-13/h5-10,12H,11H2,1-4H3,(H,19,20). The van der Waals surface area contributed by atoms with Crippen LogP contribution in [0.3, 0.4) is 0 Å². The number of aromatic nitrogens is 1. The fourth-order valence-corrected chi connectivity index (χ4v) is 3.87. The zero-order valence-corrected chi connectivity index (χ0v) is 15.5. The van der Waals surface area contributed by atoms with Crippen molar-refractivity contribution in [3.63, 3.8) is 0 Å². The highest BCUT2D eigenvalue weighted by Crippen LogP contribution is 2.24. The molecule has 0 aliphatic heterocycles. The van der Waals surface area contributed by atoms with Crippen LogP contribution in [0.1, 0.15) is 33.4 Å². The Morgan fingerprint density at radius 2 is 1.96 bits per heavy atom. The molecule has 4 nitrogen and oxygen atoms in total. The van der Waals surface area contributed by atoms with Crippen LogP contribution < -0.4 is 5.32 Å². The summed E-state index contributed by atoms with van der Waals surface area (Å²) in [6, 6.07) is 9.89. The predicted molar refractivity (Wildman–Crippen MR) is 96.8 cm³/mol. The quantitative estimate of drug-likeness (QED) is 0.899. The van der Waals surface area contributed by atoms with Crippen molar-refractivity contribution in [2.45, 2.75) is 44.2 Å². The highest BCUT2D eigenvalue weighted by molar-refractivity contribution is 7.85. The van der Waals surface area contributed by atoms with E-state index in [1.807, 2.05) is 56.5 Å². The molecule has 2 rings (SSSR count). The number of carbonyl (C=O) groups excluding carboxylic acids is 1. The molecule has 0 spiro atoms. The van der Waals surface area contributed by atoms with Gasteiger partial charge in [0.1, 0.15) is 10.3 Å². The third kappa shape index (κ3) is 5.25. The normalized spacial score (nSPS) is 14.3. The molecule has 0 saturated heterocycles. The highest BCUT2D eigenvalue weighted by atomic mass is 32.2. The van der Waals surface area contributed by atoms with Gasteiger partial charge in [-0.3, -0.25) is 9.00 Å². The summed E-state index contributed by atoms with van der Waals surface area (Å²) in [6.45, 7) is 7.43. The molecule has 1 aromatic heterocycles. The molecule has 1 heterocycles. The zero-order valence-electron chi connectivity index (χ0n) is 13.8. The maximum Gasteiger partial charge on any atom is 0.235 e. The third-order valence-corrected chi connectivity index (χ3v) is 5.65. The number of amides is 1. The Kier molecular flexibility index (Phi) is 5.70. The van der Waals surface area contributed by atoms with Gasteiger partial charge in [0.25, 0.3) is 0 Å². The van der Waals surface area contributed by atoms with Gasteiger partial charge in [-0.25, -0.2) is 4.98 Å². The van der Waals surface area contributed by atoms with Crippen molar-refractivity contribution in [2.75, 3.05) is 0 Å². The number of hydrogen-bond acceptors (Lipinski definition) is 4. The summed E-state index contributed by atoms with van der Waals surface area (Å²) >= 11 is 1.53. The van der Waals surface area contributed by atoms with E-state index in [4.69, 9.17) is 0 Å². The molecule has 0 aliphatic rings. The van der Waals surface area contributed by atoms with E-state index in [9.17, 15) is 9.00 Å². The smallest absolute Gasteiger partial charge is 0.235 e. The second kappa shape index (κ2) is 7.36. The number of hydrogen-bond donors (Lipinski definition) is 1. The molecule has 23 heavy (non-hydrogen) atoms. The first kappa shape index (κ1) is 17.8. The lowest BCUT2D eigenvalue weighted by Gasteiger charge is -2.22. The van der Waals surface area contributed by atoms with Crippen LogP contribution in [0.25, 0.3) is 10.6 Å². The minimum Gasteiger partial charge on any atom is -0.350 e. The fraction of sp³-hybridized carbons (Fsp3) is 0.412. The zero-order chi connectivity index (χ0) is 17.0. The predicted octanol–water partition coefficient (Wildman–Crippen LogP) is 3.36. The summed E-state index contributed by atoms with van der Waals surface area (Å²) in [5, 5.41) is 5.13. The van der Waals surface area contributed by atoms with E-state index < -0.39 is 16.0 Å². The van der Waals surface area contributed by atoms with Crippen LogP contribution in [-0.4, -0.2) is 25.9 Å². The van der Waals surface area contributed by atoms with Gasteiger partial charge in [0.15, 0.2) is 0 Å². The Hall–Kier alpha value is -1.53. The average Bonchev–Trinajstić information content (AvgIpc) is 2.94. The van der Waals surface area contributed by atoms with Crippen molar-refractivity contribution in [1.82, 2.24) is 10.3 Å². The summed E-state index contributed by atoms with van der Waals surface area (Å²) in [5.41, 5.74) is 1.49. The molecule has 6 heteroatoms. The molecule has 2 aromatic rings. The van der Waals surface area contributed by atoms with Crippen LogP contribution in [0.4, 0.5) is 0 Å². The fourth-order valence-electron chi connectivity index (χ4n) is 1.95. The molecule has 124 valence electrons. The third-order valence-electron chi connectivity index (χ3n) is 3.12. The van der Waals surface area contributed by atoms with Gasteiger partial charge >= 0.3 is 0 Å². The lowest BCUT2D eigenvalue weighted by atomic mass is 10.1. The molecule has 1 aromatic carbocycles. The van der Waals surface area contributed by atoms with Crippen molar-refractivity contribution in [3.05, 3.63) is 41.4 Å². The van der Waals surface area contributed by atoms with Crippen molar-refractivity contribution >= 4 is 28.0 Å². The number of thiazole rings is 1. The Bertz CT molecular complexity index is 690. The van der Waals surface area contributed by atoms with E-state index >= 15 is 0 Å². The number of carbonyl (C=O) groups is 1. The second-order valence-electron chi connectivity index (χ2n) is 6.42.